The Balaban J connectivity index is 1.73. The quantitative estimate of drug-likeness (QED) is 0.314. The van der Waals surface area contributed by atoms with Crippen LogP contribution in [0.2, 0.25) is 5.02 Å². The molecule has 0 heterocycles. The van der Waals surface area contributed by atoms with Crippen LogP contribution in [-0.4, -0.2) is 34.0 Å². The fourth-order valence-corrected chi connectivity index (χ4v) is 5.23. The maximum Gasteiger partial charge on any atom is 0.264 e. The summed E-state index contributed by atoms with van der Waals surface area (Å²) in [5.74, 6) is 0.227. The van der Waals surface area contributed by atoms with Crippen LogP contribution in [0.1, 0.15) is 18.9 Å². The summed E-state index contributed by atoms with van der Waals surface area (Å²) in [5, 5.41) is 3.51. The molecule has 0 aliphatic carbocycles. The van der Waals surface area contributed by atoms with Crippen LogP contribution in [0.15, 0.2) is 82.2 Å². The van der Waals surface area contributed by atoms with E-state index in [-0.39, 0.29) is 11.4 Å². The van der Waals surface area contributed by atoms with Gasteiger partial charge in [0.25, 0.3) is 10.0 Å². The number of carbonyl (C=O) groups excluding carboxylic acids is 1. The second-order valence-corrected chi connectivity index (χ2v) is 10.6. The number of anilines is 1. The molecule has 6 nitrogen and oxygen atoms in total. The molecule has 180 valence electrons. The zero-order valence-electron chi connectivity index (χ0n) is 18.7. The van der Waals surface area contributed by atoms with Crippen LogP contribution in [-0.2, 0) is 21.2 Å². The Morgan fingerprint density at radius 3 is 2.35 bits per heavy atom. The molecule has 0 spiro atoms. The van der Waals surface area contributed by atoms with Crippen molar-refractivity contribution in [3.8, 4) is 5.75 Å². The summed E-state index contributed by atoms with van der Waals surface area (Å²) in [6, 6.07) is 20.5. The summed E-state index contributed by atoms with van der Waals surface area (Å²) < 4.78 is 34.2. The predicted molar refractivity (Wildman–Crippen MR) is 139 cm³/mol. The van der Waals surface area contributed by atoms with E-state index in [2.05, 4.69) is 21.2 Å². The Kier molecular flexibility index (Phi) is 9.38. The van der Waals surface area contributed by atoms with Crippen LogP contribution in [0.3, 0.4) is 0 Å². The van der Waals surface area contributed by atoms with Gasteiger partial charge in [0, 0.05) is 16.0 Å². The average molecular weight is 566 g/mol. The highest BCUT2D eigenvalue weighted by Crippen LogP contribution is 2.26. The van der Waals surface area contributed by atoms with Crippen molar-refractivity contribution in [2.75, 3.05) is 24.0 Å². The van der Waals surface area contributed by atoms with E-state index in [1.165, 1.54) is 12.1 Å². The van der Waals surface area contributed by atoms with Crippen LogP contribution in [0.25, 0.3) is 0 Å². The highest BCUT2D eigenvalue weighted by atomic mass is 79.9. The highest BCUT2D eigenvalue weighted by Gasteiger charge is 2.27. The number of hydrogen-bond donors (Lipinski definition) is 1. The molecule has 1 N–H and O–H groups in total. The minimum atomic E-state index is -3.98. The molecule has 34 heavy (non-hydrogen) atoms. The zero-order valence-corrected chi connectivity index (χ0v) is 21.9. The minimum Gasteiger partial charge on any atom is -0.494 e. The van der Waals surface area contributed by atoms with E-state index in [9.17, 15) is 13.2 Å². The number of ether oxygens (including phenoxy) is 1. The number of nitrogens with zero attached hydrogens (tertiary/aromatic N) is 1. The highest BCUT2D eigenvalue weighted by molar-refractivity contribution is 9.10. The number of carbonyl (C=O) groups is 1. The second kappa shape index (κ2) is 12.2. The van der Waals surface area contributed by atoms with Crippen LogP contribution < -0.4 is 14.4 Å². The average Bonchev–Trinajstić information content (AvgIpc) is 2.82. The summed E-state index contributed by atoms with van der Waals surface area (Å²) in [4.78, 5) is 12.8. The van der Waals surface area contributed by atoms with Crippen molar-refractivity contribution in [2.24, 2.45) is 0 Å². The number of benzene rings is 3. The lowest BCUT2D eigenvalue weighted by Crippen LogP contribution is -2.41. The van der Waals surface area contributed by atoms with Gasteiger partial charge in [-0.2, -0.15) is 0 Å². The molecular formula is C25H26BrClN2O4S. The number of amides is 1. The molecular weight excluding hydrogens is 540 g/mol. The third kappa shape index (κ3) is 6.98. The van der Waals surface area contributed by atoms with Gasteiger partial charge in [0.2, 0.25) is 5.91 Å². The van der Waals surface area contributed by atoms with Crippen molar-refractivity contribution >= 4 is 49.1 Å². The minimum absolute atomic E-state index is 0.0936. The van der Waals surface area contributed by atoms with Crippen LogP contribution >= 0.6 is 27.5 Å². The lowest BCUT2D eigenvalue weighted by atomic mass is 10.1. The molecule has 9 heteroatoms. The van der Waals surface area contributed by atoms with Crippen molar-refractivity contribution in [1.29, 1.82) is 0 Å². The monoisotopic (exact) mass is 564 g/mol. The predicted octanol–water partition coefficient (Wildman–Crippen LogP) is 5.45. The number of rotatable bonds is 11. The van der Waals surface area contributed by atoms with Gasteiger partial charge in [0.15, 0.2) is 0 Å². The topological polar surface area (TPSA) is 75.7 Å². The SMILES string of the molecule is CCOc1ccc(N(CC(=O)NCCCc2ccccc2Cl)S(=O)(=O)c2ccc(Br)cc2)cc1. The Labute approximate surface area is 214 Å². The summed E-state index contributed by atoms with van der Waals surface area (Å²) in [7, 11) is -3.98. The Morgan fingerprint density at radius 1 is 1.03 bits per heavy atom. The third-order valence-electron chi connectivity index (χ3n) is 5.03. The Hall–Kier alpha value is -2.55. The van der Waals surface area contributed by atoms with E-state index in [1.807, 2.05) is 31.2 Å². The first kappa shape index (κ1) is 26.1. The molecule has 0 unspecified atom stereocenters. The molecule has 0 bridgehead atoms. The van der Waals surface area contributed by atoms with Gasteiger partial charge >= 0.3 is 0 Å². The van der Waals surface area contributed by atoms with Gasteiger partial charge in [-0.3, -0.25) is 9.10 Å². The summed E-state index contributed by atoms with van der Waals surface area (Å²) in [6.45, 7) is 2.42. The van der Waals surface area contributed by atoms with Gasteiger partial charge in [-0.25, -0.2) is 8.42 Å². The summed E-state index contributed by atoms with van der Waals surface area (Å²) >= 11 is 9.50. The molecule has 3 aromatic carbocycles. The molecule has 0 radical (unpaired) electrons. The van der Waals surface area contributed by atoms with Crippen LogP contribution in [0.5, 0.6) is 5.75 Å². The fourth-order valence-electron chi connectivity index (χ4n) is 3.32. The molecule has 0 aliphatic rings. The number of sulfonamides is 1. The normalized spacial score (nSPS) is 11.1. The molecule has 0 fully saturated rings. The van der Waals surface area contributed by atoms with Crippen LogP contribution in [0.4, 0.5) is 5.69 Å². The van der Waals surface area contributed by atoms with Gasteiger partial charge in [0.1, 0.15) is 12.3 Å². The fraction of sp³-hybridized carbons (Fsp3) is 0.240. The lowest BCUT2D eigenvalue weighted by Gasteiger charge is -2.24. The van der Waals surface area contributed by atoms with Gasteiger partial charge in [0.05, 0.1) is 17.2 Å². The Bertz CT molecular complexity index is 1200. The van der Waals surface area contributed by atoms with Crippen molar-refractivity contribution in [2.45, 2.75) is 24.7 Å². The van der Waals surface area contributed by atoms with Gasteiger partial charge in [-0.05, 0) is 79.9 Å². The van der Waals surface area contributed by atoms with Gasteiger partial charge in [-0.15, -0.1) is 0 Å². The van der Waals surface area contributed by atoms with Crippen molar-refractivity contribution in [1.82, 2.24) is 5.32 Å². The van der Waals surface area contributed by atoms with E-state index in [0.717, 1.165) is 14.3 Å². The van der Waals surface area contributed by atoms with Gasteiger partial charge in [-0.1, -0.05) is 45.7 Å². The third-order valence-corrected chi connectivity index (χ3v) is 7.71. The largest absolute Gasteiger partial charge is 0.494 e. The maximum atomic E-state index is 13.4. The van der Waals surface area contributed by atoms with E-state index in [0.29, 0.717) is 42.5 Å². The number of halogens is 2. The van der Waals surface area contributed by atoms with Crippen LogP contribution in [0, 0.1) is 0 Å². The molecule has 3 aromatic rings. The summed E-state index contributed by atoms with van der Waals surface area (Å²) in [5.41, 5.74) is 1.38. The molecule has 0 atom stereocenters. The van der Waals surface area contributed by atoms with Gasteiger partial charge < -0.3 is 10.1 Å². The van der Waals surface area contributed by atoms with Crippen molar-refractivity contribution in [3.63, 3.8) is 0 Å². The first-order valence-corrected chi connectivity index (χ1v) is 13.4. The number of hydrogen-bond acceptors (Lipinski definition) is 4. The maximum absolute atomic E-state index is 13.4. The molecule has 0 aromatic heterocycles. The van der Waals surface area contributed by atoms with E-state index < -0.39 is 15.9 Å². The number of nitrogens with one attached hydrogen (secondary N) is 1. The standard InChI is InChI=1S/C25H26BrClN2O4S/c1-2-33-22-13-11-21(12-14-22)29(34(31,32)23-15-9-20(26)10-16-23)18-25(30)28-17-5-7-19-6-3-4-8-24(19)27/h3-4,6,8-16H,2,5,7,17-18H2,1H3,(H,28,30). The Morgan fingerprint density at radius 2 is 1.71 bits per heavy atom. The molecule has 0 saturated heterocycles. The molecule has 0 saturated carbocycles. The van der Waals surface area contributed by atoms with Crippen molar-refractivity contribution in [3.05, 3.63) is 87.9 Å². The van der Waals surface area contributed by atoms with E-state index in [1.54, 1.807) is 36.4 Å². The molecule has 1 amide bonds. The first-order chi connectivity index (χ1) is 16.3. The smallest absolute Gasteiger partial charge is 0.264 e. The first-order valence-electron chi connectivity index (χ1n) is 10.8. The lowest BCUT2D eigenvalue weighted by molar-refractivity contribution is -0.119. The molecule has 0 aliphatic heterocycles. The molecule has 3 rings (SSSR count). The van der Waals surface area contributed by atoms with E-state index in [4.69, 9.17) is 16.3 Å². The zero-order chi connectivity index (χ0) is 24.6. The van der Waals surface area contributed by atoms with E-state index >= 15 is 0 Å². The summed E-state index contributed by atoms with van der Waals surface area (Å²) in [6.07, 6.45) is 1.39. The second-order valence-electron chi connectivity index (χ2n) is 7.44. The van der Waals surface area contributed by atoms with Crippen molar-refractivity contribution < 1.29 is 17.9 Å². The number of aryl methyl sites for hydroxylation is 1.